The Kier molecular flexibility index (Phi) is 5.55. The number of rotatable bonds is 6. The summed E-state index contributed by atoms with van der Waals surface area (Å²) in [6.45, 7) is 0.862. The lowest BCUT2D eigenvalue weighted by atomic mass is 10.3. The Morgan fingerprint density at radius 3 is 2.66 bits per heavy atom. The van der Waals surface area contributed by atoms with Gasteiger partial charge >= 0.3 is 11.7 Å². The second-order valence-electron chi connectivity index (χ2n) is 6.80. The predicted octanol–water partition coefficient (Wildman–Crippen LogP) is 2.39. The Bertz CT molecular complexity index is 1390. The number of nitrogens with one attached hydrogen (secondary N) is 1. The number of nitriles is 1. The second kappa shape index (κ2) is 8.61. The van der Waals surface area contributed by atoms with Crippen molar-refractivity contribution >= 4 is 28.8 Å². The number of esters is 1. The molecule has 10 nitrogen and oxygen atoms in total. The summed E-state index contributed by atoms with van der Waals surface area (Å²) < 4.78 is 12.8. The first-order valence-corrected chi connectivity index (χ1v) is 9.59. The van der Waals surface area contributed by atoms with E-state index in [-0.39, 0.29) is 11.4 Å². The topological polar surface area (TPSA) is 132 Å². The van der Waals surface area contributed by atoms with Crippen LogP contribution in [0.25, 0.3) is 16.8 Å². The van der Waals surface area contributed by atoms with Crippen molar-refractivity contribution in [1.29, 1.82) is 5.26 Å². The minimum absolute atomic E-state index is 0.151. The maximum absolute atomic E-state index is 12.5. The summed E-state index contributed by atoms with van der Waals surface area (Å²) in [7, 11) is 0. The minimum atomic E-state index is -1.01. The maximum Gasteiger partial charge on any atom is 0.420 e. The van der Waals surface area contributed by atoms with E-state index < -0.39 is 30.3 Å². The molecule has 0 radical (unpaired) electrons. The molecule has 2 heterocycles. The lowest BCUT2D eigenvalue weighted by Crippen LogP contribution is -2.29. The fourth-order valence-corrected chi connectivity index (χ4v) is 3.20. The number of para-hydroxylation sites is 3. The van der Waals surface area contributed by atoms with E-state index in [0.29, 0.717) is 16.8 Å². The van der Waals surface area contributed by atoms with Gasteiger partial charge in [-0.3, -0.25) is 9.36 Å². The molecule has 160 valence electrons. The van der Waals surface area contributed by atoms with E-state index in [1.54, 1.807) is 48.5 Å². The number of fused-ring (bicyclic) bond motifs is 1. The zero-order chi connectivity index (χ0) is 22.7. The van der Waals surface area contributed by atoms with Gasteiger partial charge in [0.25, 0.3) is 5.91 Å². The number of oxazole rings is 1. The lowest BCUT2D eigenvalue weighted by molar-refractivity contribution is -0.150. The molecular weight excluding hydrogens is 414 g/mol. The maximum atomic E-state index is 12.5. The third kappa shape index (κ3) is 3.87. The Balaban J connectivity index is 1.46. The average Bonchev–Trinajstić information content (AvgIpc) is 3.37. The highest BCUT2D eigenvalue weighted by Crippen LogP contribution is 2.20. The minimum Gasteiger partial charge on any atom is -0.454 e. The van der Waals surface area contributed by atoms with Crippen LogP contribution < -0.4 is 11.1 Å². The molecule has 2 aromatic carbocycles. The summed E-state index contributed by atoms with van der Waals surface area (Å²) in [5.41, 5.74) is 1.57. The molecule has 0 aliphatic heterocycles. The summed E-state index contributed by atoms with van der Waals surface area (Å²) in [6, 6.07) is 16.6. The van der Waals surface area contributed by atoms with Crippen LogP contribution in [-0.2, 0) is 14.3 Å². The molecule has 10 heteroatoms. The molecule has 0 aliphatic rings. The molecule has 1 amide bonds. The molecule has 4 rings (SSSR count). The highest BCUT2D eigenvalue weighted by Gasteiger charge is 2.24. The number of aromatic nitrogens is 3. The fourth-order valence-electron chi connectivity index (χ4n) is 3.20. The van der Waals surface area contributed by atoms with Crippen LogP contribution in [0, 0.1) is 11.3 Å². The highest BCUT2D eigenvalue weighted by molar-refractivity contribution is 5.93. The molecule has 4 aromatic rings. The highest BCUT2D eigenvalue weighted by atomic mass is 16.5. The van der Waals surface area contributed by atoms with Gasteiger partial charge in [-0.25, -0.2) is 14.3 Å². The summed E-state index contributed by atoms with van der Waals surface area (Å²) in [6.07, 6.45) is 1.33. The molecule has 1 atom stereocenters. The molecular formula is C22H17N5O5. The summed E-state index contributed by atoms with van der Waals surface area (Å²) in [5.74, 6) is -2.00. The van der Waals surface area contributed by atoms with Crippen molar-refractivity contribution in [1.82, 2.24) is 14.3 Å². The molecule has 0 bridgehead atoms. The Morgan fingerprint density at radius 2 is 1.91 bits per heavy atom. The zero-order valence-electron chi connectivity index (χ0n) is 16.9. The van der Waals surface area contributed by atoms with Crippen LogP contribution >= 0.6 is 0 Å². The first-order valence-electron chi connectivity index (χ1n) is 9.59. The molecule has 1 unspecified atom stereocenters. The molecule has 0 spiro atoms. The Labute approximate surface area is 181 Å². The third-order valence-corrected chi connectivity index (χ3v) is 4.74. The third-order valence-electron chi connectivity index (χ3n) is 4.74. The predicted molar refractivity (Wildman–Crippen MR) is 113 cm³/mol. The van der Waals surface area contributed by atoms with Gasteiger partial charge in [-0.15, -0.1) is 0 Å². The van der Waals surface area contributed by atoms with E-state index in [1.165, 1.54) is 17.8 Å². The van der Waals surface area contributed by atoms with Gasteiger partial charge in [0.05, 0.1) is 17.4 Å². The number of amides is 1. The van der Waals surface area contributed by atoms with Crippen LogP contribution in [0.1, 0.15) is 18.5 Å². The summed E-state index contributed by atoms with van der Waals surface area (Å²) in [5, 5.41) is 16.0. The molecule has 0 saturated carbocycles. The van der Waals surface area contributed by atoms with Crippen LogP contribution in [0.2, 0.25) is 0 Å². The van der Waals surface area contributed by atoms with E-state index in [1.807, 2.05) is 12.1 Å². The number of hydrogen-bond donors (Lipinski definition) is 1. The molecule has 2 aromatic heterocycles. The van der Waals surface area contributed by atoms with Crippen molar-refractivity contribution in [2.75, 3.05) is 11.9 Å². The monoisotopic (exact) mass is 431 g/mol. The number of nitrogens with zero attached hydrogens (tertiary/aromatic N) is 4. The van der Waals surface area contributed by atoms with E-state index in [2.05, 4.69) is 10.4 Å². The van der Waals surface area contributed by atoms with Crippen LogP contribution in [0.15, 0.2) is 70.0 Å². The number of hydrogen-bond acceptors (Lipinski definition) is 7. The summed E-state index contributed by atoms with van der Waals surface area (Å²) in [4.78, 5) is 37.1. The van der Waals surface area contributed by atoms with Gasteiger partial charge in [-0.05, 0) is 31.2 Å². The van der Waals surface area contributed by atoms with Crippen molar-refractivity contribution in [3.63, 3.8) is 0 Å². The quantitative estimate of drug-likeness (QED) is 0.464. The van der Waals surface area contributed by atoms with Gasteiger partial charge in [0.1, 0.15) is 17.7 Å². The Morgan fingerprint density at radius 1 is 1.19 bits per heavy atom. The number of ether oxygens (including phenoxy) is 1. The van der Waals surface area contributed by atoms with E-state index in [4.69, 9.17) is 9.15 Å². The molecule has 1 N–H and O–H groups in total. The number of carbonyl (C=O) groups is 2. The van der Waals surface area contributed by atoms with E-state index in [9.17, 15) is 19.6 Å². The number of carbonyl (C=O) groups excluding carboxylic acids is 2. The van der Waals surface area contributed by atoms with Crippen molar-refractivity contribution in [2.45, 2.75) is 13.0 Å². The van der Waals surface area contributed by atoms with Gasteiger partial charge in [0, 0.05) is 0 Å². The van der Waals surface area contributed by atoms with Crippen LogP contribution in [-0.4, -0.2) is 32.8 Å². The SMILES string of the molecule is CC(C(=O)OCC(=O)Nc1c(C#N)cnn1-c1ccccc1)n1c(=O)oc2ccccc21. The van der Waals surface area contributed by atoms with Gasteiger partial charge < -0.3 is 14.5 Å². The Hall–Kier alpha value is -4.65. The number of benzene rings is 2. The van der Waals surface area contributed by atoms with Gasteiger partial charge in [0.2, 0.25) is 0 Å². The molecule has 0 aliphatic carbocycles. The molecule has 0 fully saturated rings. The van der Waals surface area contributed by atoms with Gasteiger partial charge in [-0.1, -0.05) is 30.3 Å². The zero-order valence-corrected chi connectivity index (χ0v) is 16.9. The second-order valence-corrected chi connectivity index (χ2v) is 6.80. The van der Waals surface area contributed by atoms with Crippen molar-refractivity contribution < 1.29 is 18.7 Å². The van der Waals surface area contributed by atoms with Gasteiger partial charge in [-0.2, -0.15) is 10.4 Å². The molecule has 32 heavy (non-hydrogen) atoms. The van der Waals surface area contributed by atoms with Crippen LogP contribution in [0.5, 0.6) is 0 Å². The van der Waals surface area contributed by atoms with Gasteiger partial charge in [0.15, 0.2) is 18.0 Å². The number of anilines is 1. The van der Waals surface area contributed by atoms with E-state index >= 15 is 0 Å². The van der Waals surface area contributed by atoms with E-state index in [0.717, 1.165) is 4.57 Å². The first kappa shape index (κ1) is 20.6. The normalized spacial score (nSPS) is 11.6. The standard InChI is InChI=1S/C22H17N5O5/c1-14(26-17-9-5-6-10-18(17)32-22(26)30)21(29)31-13-19(28)25-20-15(11-23)12-24-27(20)16-7-3-2-4-8-16/h2-10,12,14H,13H2,1H3,(H,25,28). The molecule has 0 saturated heterocycles. The fraction of sp³-hybridized carbons (Fsp3) is 0.136. The summed E-state index contributed by atoms with van der Waals surface area (Å²) >= 11 is 0. The largest absolute Gasteiger partial charge is 0.454 e. The first-order chi connectivity index (χ1) is 15.5. The van der Waals surface area contributed by atoms with Crippen molar-refractivity contribution in [3.05, 3.63) is 76.9 Å². The van der Waals surface area contributed by atoms with Crippen LogP contribution in [0.4, 0.5) is 5.82 Å². The van der Waals surface area contributed by atoms with Crippen molar-refractivity contribution in [3.8, 4) is 11.8 Å². The smallest absolute Gasteiger partial charge is 0.420 e. The average molecular weight is 431 g/mol. The van der Waals surface area contributed by atoms with Crippen LogP contribution in [0.3, 0.4) is 0 Å². The van der Waals surface area contributed by atoms with Crippen molar-refractivity contribution in [2.24, 2.45) is 0 Å². The lowest BCUT2D eigenvalue weighted by Gasteiger charge is -2.13.